The van der Waals surface area contributed by atoms with Gasteiger partial charge >= 0.3 is 5.97 Å². The molecule has 6 nitrogen and oxygen atoms in total. The third-order valence-electron chi connectivity index (χ3n) is 5.29. The Morgan fingerprint density at radius 2 is 2.14 bits per heavy atom. The van der Waals surface area contributed by atoms with E-state index in [2.05, 4.69) is 21.8 Å². The van der Waals surface area contributed by atoms with Crippen molar-refractivity contribution in [2.45, 2.75) is 32.2 Å². The Kier molecular flexibility index (Phi) is 5.21. The molecule has 0 spiro atoms. The molecule has 0 aliphatic carbocycles. The second-order valence-electron chi connectivity index (χ2n) is 7.28. The smallest absolute Gasteiger partial charge is 0.336 e. The van der Waals surface area contributed by atoms with Crippen molar-refractivity contribution in [1.82, 2.24) is 14.9 Å². The van der Waals surface area contributed by atoms with Crippen molar-refractivity contribution in [2.75, 3.05) is 13.1 Å². The topological polar surface area (TPSA) is 79.5 Å². The van der Waals surface area contributed by atoms with Crippen molar-refractivity contribution in [3.05, 3.63) is 71.5 Å². The molecule has 2 aromatic heterocycles. The molecular weight excluding hydrogens is 354 g/mol. The molecule has 1 fully saturated rings. The van der Waals surface area contributed by atoms with Gasteiger partial charge < -0.3 is 9.52 Å². The lowest BCUT2D eigenvalue weighted by molar-refractivity contribution is 0.0697. The number of aryl methyl sites for hydroxylation is 1. The van der Waals surface area contributed by atoms with Crippen LogP contribution < -0.4 is 0 Å². The van der Waals surface area contributed by atoms with Crippen LogP contribution >= 0.6 is 0 Å². The number of aromatic carboxylic acids is 1. The number of hydrogen-bond donors (Lipinski definition) is 1. The molecule has 1 aromatic carbocycles. The molecular formula is C22H23N3O3. The van der Waals surface area contributed by atoms with Gasteiger partial charge in [0.05, 0.1) is 17.8 Å². The Balaban J connectivity index is 1.49. The van der Waals surface area contributed by atoms with Crippen molar-refractivity contribution in [2.24, 2.45) is 0 Å². The molecule has 4 rings (SSSR count). The van der Waals surface area contributed by atoms with E-state index in [-0.39, 0.29) is 5.56 Å². The molecule has 1 saturated heterocycles. The van der Waals surface area contributed by atoms with E-state index in [1.165, 1.54) is 0 Å². The van der Waals surface area contributed by atoms with Crippen LogP contribution in [0.15, 0.2) is 53.3 Å². The highest BCUT2D eigenvalue weighted by Gasteiger charge is 2.24. The summed E-state index contributed by atoms with van der Waals surface area (Å²) in [6.45, 7) is 4.71. The first-order chi connectivity index (χ1) is 13.6. The van der Waals surface area contributed by atoms with Crippen LogP contribution in [0, 0.1) is 6.92 Å². The number of likely N-dealkylation sites (tertiary alicyclic amines) is 1. The number of piperidine rings is 1. The predicted octanol–water partition coefficient (Wildman–Crippen LogP) is 4.12. The number of aromatic nitrogens is 2. The molecule has 1 N–H and O–H groups in total. The van der Waals surface area contributed by atoms with Crippen molar-refractivity contribution in [1.29, 1.82) is 0 Å². The van der Waals surface area contributed by atoms with Crippen molar-refractivity contribution < 1.29 is 14.3 Å². The van der Waals surface area contributed by atoms with E-state index in [1.54, 1.807) is 24.5 Å². The summed E-state index contributed by atoms with van der Waals surface area (Å²) in [6, 6.07) is 10.7. The van der Waals surface area contributed by atoms with Gasteiger partial charge in [-0.05, 0) is 50.1 Å². The van der Waals surface area contributed by atoms with Gasteiger partial charge in [-0.3, -0.25) is 4.90 Å². The van der Waals surface area contributed by atoms with E-state index < -0.39 is 5.97 Å². The first-order valence-corrected chi connectivity index (χ1v) is 9.52. The molecule has 0 radical (unpaired) electrons. The molecule has 28 heavy (non-hydrogen) atoms. The summed E-state index contributed by atoms with van der Waals surface area (Å²) < 4.78 is 6.00. The third-order valence-corrected chi connectivity index (χ3v) is 5.29. The summed E-state index contributed by atoms with van der Waals surface area (Å²) in [6.07, 6.45) is 5.74. The maximum atomic E-state index is 11.5. The molecule has 0 amide bonds. The number of carboxylic acids is 1. The molecule has 3 heterocycles. The fraction of sp³-hybridized carbons (Fsp3) is 0.318. The molecule has 1 aliphatic heterocycles. The highest BCUT2D eigenvalue weighted by atomic mass is 16.4. The number of nitrogens with zero attached hydrogens (tertiary/aromatic N) is 3. The van der Waals surface area contributed by atoms with Crippen molar-refractivity contribution >= 4 is 5.97 Å². The van der Waals surface area contributed by atoms with Crippen LogP contribution in [0.3, 0.4) is 0 Å². The minimum Gasteiger partial charge on any atom is -0.478 e. The highest BCUT2D eigenvalue weighted by Crippen LogP contribution is 2.30. The second-order valence-corrected chi connectivity index (χ2v) is 7.28. The van der Waals surface area contributed by atoms with Crippen molar-refractivity contribution in [3.63, 3.8) is 0 Å². The molecule has 1 atom stereocenters. The van der Waals surface area contributed by atoms with E-state index in [9.17, 15) is 9.90 Å². The van der Waals surface area contributed by atoms with Gasteiger partial charge in [-0.15, -0.1) is 0 Å². The Labute approximate surface area is 163 Å². The van der Waals surface area contributed by atoms with Crippen LogP contribution in [0.5, 0.6) is 0 Å². The van der Waals surface area contributed by atoms with Gasteiger partial charge in [0.15, 0.2) is 0 Å². The van der Waals surface area contributed by atoms with E-state index in [4.69, 9.17) is 4.42 Å². The maximum Gasteiger partial charge on any atom is 0.336 e. The summed E-state index contributed by atoms with van der Waals surface area (Å²) in [5, 5.41) is 9.39. The van der Waals surface area contributed by atoms with Gasteiger partial charge in [0.2, 0.25) is 0 Å². The molecule has 3 aromatic rings. The van der Waals surface area contributed by atoms with E-state index in [0.29, 0.717) is 23.8 Å². The van der Waals surface area contributed by atoms with Crippen LogP contribution in [0.4, 0.5) is 0 Å². The summed E-state index contributed by atoms with van der Waals surface area (Å²) in [4.78, 5) is 22.4. The maximum absolute atomic E-state index is 11.5. The lowest BCUT2D eigenvalue weighted by atomic mass is 9.92. The van der Waals surface area contributed by atoms with Gasteiger partial charge in [0.1, 0.15) is 17.8 Å². The SMILES string of the molecule is Cc1cncnc1C1CCCN(Cc2ccc(-c3ccccc3C(=O)O)o2)C1. The Morgan fingerprint density at radius 3 is 2.96 bits per heavy atom. The minimum absolute atomic E-state index is 0.251. The van der Waals surface area contributed by atoms with E-state index in [0.717, 1.165) is 42.9 Å². The van der Waals surface area contributed by atoms with Crippen LogP contribution in [0.1, 0.15) is 46.1 Å². The molecule has 0 saturated carbocycles. The zero-order valence-corrected chi connectivity index (χ0v) is 15.8. The van der Waals surface area contributed by atoms with Gasteiger partial charge in [-0.25, -0.2) is 14.8 Å². The number of carbonyl (C=O) groups is 1. The van der Waals surface area contributed by atoms with Crippen LogP contribution in [0.25, 0.3) is 11.3 Å². The van der Waals surface area contributed by atoms with Crippen LogP contribution in [-0.2, 0) is 6.54 Å². The van der Waals surface area contributed by atoms with Crippen LogP contribution in [-0.4, -0.2) is 39.0 Å². The zero-order valence-electron chi connectivity index (χ0n) is 15.8. The average molecular weight is 377 g/mol. The molecule has 1 unspecified atom stereocenters. The number of rotatable bonds is 5. The molecule has 144 valence electrons. The van der Waals surface area contributed by atoms with Gasteiger partial charge in [-0.2, -0.15) is 0 Å². The number of carboxylic acid groups (broad SMARTS) is 1. The first kappa shape index (κ1) is 18.4. The number of furan rings is 1. The summed E-state index contributed by atoms with van der Waals surface area (Å²) >= 11 is 0. The highest BCUT2D eigenvalue weighted by molar-refractivity contribution is 5.95. The summed E-state index contributed by atoms with van der Waals surface area (Å²) in [5.41, 5.74) is 3.13. The monoisotopic (exact) mass is 377 g/mol. The fourth-order valence-electron chi connectivity index (χ4n) is 3.97. The van der Waals surface area contributed by atoms with Gasteiger partial charge in [-0.1, -0.05) is 18.2 Å². The number of hydrogen-bond acceptors (Lipinski definition) is 5. The predicted molar refractivity (Wildman–Crippen MR) is 105 cm³/mol. The minimum atomic E-state index is -0.951. The van der Waals surface area contributed by atoms with E-state index >= 15 is 0 Å². The molecule has 1 aliphatic rings. The lowest BCUT2D eigenvalue weighted by Crippen LogP contribution is -2.34. The average Bonchev–Trinajstić information content (AvgIpc) is 3.17. The second kappa shape index (κ2) is 7.94. The number of benzene rings is 1. The van der Waals surface area contributed by atoms with E-state index in [1.807, 2.05) is 24.4 Å². The quantitative estimate of drug-likeness (QED) is 0.720. The Bertz CT molecular complexity index is 982. The Morgan fingerprint density at radius 1 is 1.29 bits per heavy atom. The fourth-order valence-corrected chi connectivity index (χ4v) is 3.97. The third kappa shape index (κ3) is 3.82. The molecule has 6 heteroatoms. The normalized spacial score (nSPS) is 17.5. The summed E-state index contributed by atoms with van der Waals surface area (Å²) in [7, 11) is 0. The zero-order chi connectivity index (χ0) is 19.5. The standard InChI is InChI=1S/C22H23N3O3/c1-15-11-23-14-24-21(15)16-5-4-10-25(12-16)13-17-8-9-20(28-17)18-6-2-3-7-19(18)22(26)27/h2-3,6-9,11,14,16H,4-5,10,12-13H2,1H3,(H,26,27). The first-order valence-electron chi connectivity index (χ1n) is 9.52. The largest absolute Gasteiger partial charge is 0.478 e. The lowest BCUT2D eigenvalue weighted by Gasteiger charge is -2.32. The molecule has 0 bridgehead atoms. The Hall–Kier alpha value is -2.99. The van der Waals surface area contributed by atoms with Crippen molar-refractivity contribution in [3.8, 4) is 11.3 Å². The van der Waals surface area contributed by atoms with Gasteiger partial charge in [0.25, 0.3) is 0 Å². The van der Waals surface area contributed by atoms with Crippen LogP contribution in [0.2, 0.25) is 0 Å². The summed E-state index contributed by atoms with van der Waals surface area (Å²) in [5.74, 6) is 0.884. The van der Waals surface area contributed by atoms with Gasteiger partial charge in [0, 0.05) is 24.2 Å².